The Morgan fingerprint density at radius 2 is 2.22 bits per heavy atom. The maximum absolute atomic E-state index is 13.2. The zero-order chi connectivity index (χ0) is 19.4. The van der Waals surface area contributed by atoms with E-state index in [2.05, 4.69) is 11.1 Å². The fraction of sp³-hybridized carbons (Fsp3) is 0.450. The Kier molecular flexibility index (Phi) is 5.47. The number of benzene rings is 1. The van der Waals surface area contributed by atoms with E-state index in [4.69, 9.17) is 14.2 Å². The smallest absolute Gasteiger partial charge is 0.337 e. The average molecular weight is 369 g/mol. The molecule has 0 fully saturated rings. The van der Waals surface area contributed by atoms with Crippen LogP contribution in [0.2, 0.25) is 0 Å². The molecule has 0 radical (unpaired) electrons. The van der Waals surface area contributed by atoms with E-state index in [9.17, 15) is 10.1 Å². The van der Waals surface area contributed by atoms with Gasteiger partial charge in [0, 0.05) is 17.5 Å². The summed E-state index contributed by atoms with van der Waals surface area (Å²) in [5.41, 5.74) is 1.02. The lowest BCUT2D eigenvalue weighted by Gasteiger charge is -2.31. The van der Waals surface area contributed by atoms with Crippen LogP contribution in [0.25, 0.3) is 0 Å². The third-order valence-corrected chi connectivity index (χ3v) is 4.75. The normalized spacial score (nSPS) is 18.2. The van der Waals surface area contributed by atoms with Crippen LogP contribution in [0.3, 0.4) is 0 Å². The maximum Gasteiger partial charge on any atom is 0.337 e. The molecule has 0 spiro atoms. The zero-order valence-corrected chi connectivity index (χ0v) is 15.8. The molecule has 2 aromatic rings. The molecule has 1 aromatic carbocycles. The first kappa shape index (κ1) is 18.9. The number of aryl methyl sites for hydroxylation is 1. The highest BCUT2D eigenvalue weighted by Gasteiger charge is 2.49. The molecule has 1 aromatic heterocycles. The number of nitrogens with zero attached hydrogens (tertiary/aromatic N) is 3. The monoisotopic (exact) mass is 369 g/mol. The van der Waals surface area contributed by atoms with Crippen LogP contribution < -0.4 is 4.74 Å². The van der Waals surface area contributed by atoms with Crippen LogP contribution in [0.5, 0.6) is 5.75 Å². The van der Waals surface area contributed by atoms with Gasteiger partial charge >= 0.3 is 5.97 Å². The number of carbonyl (C=O) groups excluding carboxylic acids is 1. The first-order valence-electron chi connectivity index (χ1n) is 8.92. The topological polar surface area (TPSA) is 86.4 Å². The van der Waals surface area contributed by atoms with E-state index < -0.39 is 5.54 Å². The predicted molar refractivity (Wildman–Crippen MR) is 97.4 cm³/mol. The van der Waals surface area contributed by atoms with Gasteiger partial charge in [-0.15, -0.1) is 0 Å². The number of nitriles is 1. The molecule has 7 nitrogen and oxygen atoms in total. The lowest BCUT2D eigenvalue weighted by atomic mass is 9.86. The first-order chi connectivity index (χ1) is 13.0. The van der Waals surface area contributed by atoms with Crippen molar-refractivity contribution < 1.29 is 19.0 Å². The van der Waals surface area contributed by atoms with Gasteiger partial charge < -0.3 is 18.8 Å². The van der Waals surface area contributed by atoms with Crippen molar-refractivity contribution in [2.75, 3.05) is 20.3 Å². The van der Waals surface area contributed by atoms with E-state index in [1.54, 1.807) is 30.7 Å². The fourth-order valence-corrected chi connectivity index (χ4v) is 3.50. The number of esters is 1. The summed E-state index contributed by atoms with van der Waals surface area (Å²) in [7, 11) is 1.53. The number of carbonyl (C=O) groups is 1. The molecule has 3 rings (SSSR count). The molecular weight excluding hydrogens is 346 g/mol. The van der Waals surface area contributed by atoms with Crippen molar-refractivity contribution in [3.63, 3.8) is 0 Å². The van der Waals surface area contributed by atoms with E-state index in [1.165, 1.54) is 7.11 Å². The quantitative estimate of drug-likeness (QED) is 0.550. The Morgan fingerprint density at radius 3 is 2.93 bits per heavy atom. The van der Waals surface area contributed by atoms with Crippen molar-refractivity contribution in [2.24, 2.45) is 0 Å². The molecule has 1 aliphatic rings. The Bertz CT molecular complexity index is 868. The third-order valence-electron chi connectivity index (χ3n) is 4.75. The van der Waals surface area contributed by atoms with E-state index in [0.717, 1.165) is 5.69 Å². The first-order valence-corrected chi connectivity index (χ1v) is 8.92. The van der Waals surface area contributed by atoms with Gasteiger partial charge in [-0.3, -0.25) is 0 Å². The van der Waals surface area contributed by atoms with Gasteiger partial charge in [-0.1, -0.05) is 6.07 Å². The van der Waals surface area contributed by atoms with Crippen molar-refractivity contribution >= 4 is 5.97 Å². The highest BCUT2D eigenvalue weighted by Crippen LogP contribution is 2.43. The molecule has 0 N–H and O–H groups in total. The van der Waals surface area contributed by atoms with Crippen LogP contribution in [-0.4, -0.2) is 41.9 Å². The van der Waals surface area contributed by atoms with Gasteiger partial charge in [-0.2, -0.15) is 5.26 Å². The molecule has 0 bridgehead atoms. The second-order valence-corrected chi connectivity index (χ2v) is 6.70. The Balaban J connectivity index is 1.99. The van der Waals surface area contributed by atoms with Crippen molar-refractivity contribution in [1.29, 1.82) is 5.26 Å². The summed E-state index contributed by atoms with van der Waals surface area (Å²) in [4.78, 5) is 17.4. The highest BCUT2D eigenvalue weighted by molar-refractivity contribution is 5.85. The van der Waals surface area contributed by atoms with Crippen molar-refractivity contribution in [3.05, 3.63) is 47.5 Å². The maximum atomic E-state index is 13.2. The second kappa shape index (κ2) is 7.80. The van der Waals surface area contributed by atoms with Gasteiger partial charge in [0.1, 0.15) is 12.4 Å². The molecule has 0 saturated heterocycles. The second-order valence-electron chi connectivity index (χ2n) is 6.70. The molecule has 0 amide bonds. The largest absolute Gasteiger partial charge is 0.496 e. The molecule has 1 atom stereocenters. The number of hydrogen-bond acceptors (Lipinski definition) is 6. The molecule has 0 aliphatic carbocycles. The fourth-order valence-electron chi connectivity index (χ4n) is 3.50. The molecular formula is C20H23N3O4. The molecule has 1 unspecified atom stereocenters. The van der Waals surface area contributed by atoms with Gasteiger partial charge in [0.05, 0.1) is 37.8 Å². The molecule has 0 saturated carbocycles. The number of imidazole rings is 1. The number of ether oxygens (including phenoxy) is 3. The summed E-state index contributed by atoms with van der Waals surface area (Å²) < 4.78 is 18.4. The van der Waals surface area contributed by atoms with E-state index in [0.29, 0.717) is 36.3 Å². The minimum absolute atomic E-state index is 0.0722. The van der Waals surface area contributed by atoms with Gasteiger partial charge in [0.2, 0.25) is 0 Å². The molecule has 1 aliphatic heterocycles. The van der Waals surface area contributed by atoms with Crippen LogP contribution in [0.1, 0.15) is 37.1 Å². The minimum atomic E-state index is -1.07. The van der Waals surface area contributed by atoms with Gasteiger partial charge in [-0.25, -0.2) is 9.78 Å². The summed E-state index contributed by atoms with van der Waals surface area (Å²) in [6.45, 7) is 4.36. The predicted octanol–water partition coefficient (Wildman–Crippen LogP) is 2.42. The molecule has 142 valence electrons. The minimum Gasteiger partial charge on any atom is -0.496 e. The van der Waals surface area contributed by atoms with Gasteiger partial charge in [-0.05, 0) is 38.8 Å². The molecule has 7 heteroatoms. The summed E-state index contributed by atoms with van der Waals surface area (Å²) in [5.74, 6) is 0.0978. The van der Waals surface area contributed by atoms with Gasteiger partial charge in [0.25, 0.3) is 0 Å². The van der Waals surface area contributed by atoms with E-state index >= 15 is 0 Å². The zero-order valence-electron chi connectivity index (χ0n) is 15.8. The van der Waals surface area contributed by atoms with Crippen molar-refractivity contribution in [2.45, 2.75) is 38.3 Å². The Hall–Kier alpha value is -2.85. The average Bonchev–Trinajstić information content (AvgIpc) is 3.27. The SMILES string of the molecule is COc1cc(C#N)ccc1C1(C(=O)OCCOC(C)C)CCc2cncn21. The van der Waals surface area contributed by atoms with E-state index in [1.807, 2.05) is 18.4 Å². The number of methoxy groups -OCH3 is 1. The summed E-state index contributed by atoms with van der Waals surface area (Å²) in [6, 6.07) is 7.18. The Labute approximate surface area is 158 Å². The molecule has 27 heavy (non-hydrogen) atoms. The standard InChI is InChI=1S/C20H23N3O4/c1-14(2)26-8-9-27-19(24)20(7-6-16-12-22-13-23(16)20)17-5-4-15(11-21)10-18(17)25-3/h4-5,10,12-14H,6-9H2,1-3H3. The van der Waals surface area contributed by atoms with Gasteiger partial charge in [0.15, 0.2) is 5.54 Å². The van der Waals surface area contributed by atoms with Crippen LogP contribution in [0, 0.1) is 11.3 Å². The van der Waals surface area contributed by atoms with Crippen LogP contribution in [-0.2, 0) is 26.2 Å². The highest BCUT2D eigenvalue weighted by atomic mass is 16.6. The number of fused-ring (bicyclic) bond motifs is 1. The lowest BCUT2D eigenvalue weighted by molar-refractivity contribution is -0.154. The number of hydrogen-bond donors (Lipinski definition) is 0. The van der Waals surface area contributed by atoms with Crippen LogP contribution in [0.15, 0.2) is 30.7 Å². The van der Waals surface area contributed by atoms with Crippen molar-refractivity contribution in [3.8, 4) is 11.8 Å². The van der Waals surface area contributed by atoms with E-state index in [-0.39, 0.29) is 18.7 Å². The van der Waals surface area contributed by atoms with Crippen molar-refractivity contribution in [1.82, 2.24) is 9.55 Å². The number of aromatic nitrogens is 2. The summed E-state index contributed by atoms with van der Waals surface area (Å²) in [5, 5.41) is 9.17. The third kappa shape index (κ3) is 3.40. The van der Waals surface area contributed by atoms with Crippen LogP contribution in [0.4, 0.5) is 0 Å². The van der Waals surface area contributed by atoms with Crippen LogP contribution >= 0.6 is 0 Å². The summed E-state index contributed by atoms with van der Waals surface area (Å²) in [6.07, 6.45) is 4.71. The Morgan fingerprint density at radius 1 is 1.41 bits per heavy atom. The number of rotatable bonds is 7. The summed E-state index contributed by atoms with van der Waals surface area (Å²) >= 11 is 0. The molecule has 2 heterocycles. The lowest BCUT2D eigenvalue weighted by Crippen LogP contribution is -2.42.